The van der Waals surface area contributed by atoms with Gasteiger partial charge in [-0.05, 0) is 30.5 Å². The van der Waals surface area contributed by atoms with Crippen LogP contribution in [0.4, 0.5) is 5.69 Å². The molecule has 1 heterocycles. The molecule has 9 heteroatoms. The first-order valence-electron chi connectivity index (χ1n) is 9.21. The van der Waals surface area contributed by atoms with Crippen molar-refractivity contribution >= 4 is 35.3 Å². The number of aryl methyl sites for hydroxylation is 1. The van der Waals surface area contributed by atoms with Gasteiger partial charge in [0.05, 0.1) is 24.2 Å². The first kappa shape index (κ1) is 24.4. The summed E-state index contributed by atoms with van der Waals surface area (Å²) in [5.74, 6) is -2.60. The minimum absolute atomic E-state index is 0. The van der Waals surface area contributed by atoms with E-state index in [0.717, 1.165) is 15.4 Å². The van der Waals surface area contributed by atoms with Gasteiger partial charge in [-0.2, -0.15) is 0 Å². The van der Waals surface area contributed by atoms with Crippen LogP contribution in [0.3, 0.4) is 0 Å². The Balaban J connectivity index is 0.00000320. The monoisotopic (exact) mass is 436 g/mol. The number of rotatable bonds is 8. The number of anilines is 1. The van der Waals surface area contributed by atoms with Gasteiger partial charge in [0, 0.05) is 10.6 Å². The standard InChI is InChI=1S/C21H22N2O5S.Na/c24-19(25)12-23-17-8-4-5-9-18(17)29-13-16(20(23)26)22-15(21(27)28)11-10-14-6-2-1-3-7-14;/h1-9,15-16,22H,10-13H2,(H,24,25)(H,27,28);/q;+1/p-1/t15-,16-;/m0./s1. The van der Waals surface area contributed by atoms with Crippen LogP contribution in [-0.4, -0.2) is 47.3 Å². The van der Waals surface area contributed by atoms with Gasteiger partial charge >= 0.3 is 35.5 Å². The molecule has 7 nitrogen and oxygen atoms in total. The topological polar surface area (TPSA) is 110 Å². The van der Waals surface area contributed by atoms with E-state index in [1.54, 1.807) is 18.2 Å². The van der Waals surface area contributed by atoms with E-state index < -0.39 is 36.5 Å². The molecule has 0 fully saturated rings. The number of para-hydroxylation sites is 1. The third-order valence-corrected chi connectivity index (χ3v) is 5.83. The summed E-state index contributed by atoms with van der Waals surface area (Å²) in [5.41, 5.74) is 1.50. The molecule has 0 bridgehead atoms. The van der Waals surface area contributed by atoms with Crippen LogP contribution >= 0.6 is 11.8 Å². The molecular weight excluding hydrogens is 415 g/mol. The predicted octanol–water partition coefficient (Wildman–Crippen LogP) is -2.08. The molecule has 2 atom stereocenters. The summed E-state index contributed by atoms with van der Waals surface area (Å²) in [5, 5.41) is 23.8. The maximum atomic E-state index is 13.0. The summed E-state index contributed by atoms with van der Waals surface area (Å²) in [7, 11) is 0. The van der Waals surface area contributed by atoms with Crippen molar-refractivity contribution in [3.8, 4) is 0 Å². The Morgan fingerprint density at radius 3 is 2.50 bits per heavy atom. The van der Waals surface area contributed by atoms with Crippen molar-refractivity contribution < 1.29 is 54.2 Å². The van der Waals surface area contributed by atoms with Crippen LogP contribution < -0.4 is 44.9 Å². The largest absolute Gasteiger partial charge is 1.00 e. The summed E-state index contributed by atoms with van der Waals surface area (Å²) in [6.45, 7) is -0.587. The summed E-state index contributed by atoms with van der Waals surface area (Å²) in [4.78, 5) is 37.9. The van der Waals surface area contributed by atoms with Crippen LogP contribution in [0.25, 0.3) is 0 Å². The van der Waals surface area contributed by atoms with Gasteiger partial charge in [0.25, 0.3) is 0 Å². The fourth-order valence-electron chi connectivity index (χ4n) is 3.24. The van der Waals surface area contributed by atoms with E-state index in [4.69, 9.17) is 0 Å². The second-order valence-electron chi connectivity index (χ2n) is 6.71. The number of hydrogen-bond acceptors (Lipinski definition) is 6. The van der Waals surface area contributed by atoms with Crippen molar-refractivity contribution in [3.63, 3.8) is 0 Å². The molecule has 2 aromatic carbocycles. The van der Waals surface area contributed by atoms with E-state index in [1.165, 1.54) is 11.8 Å². The second-order valence-corrected chi connectivity index (χ2v) is 7.77. The molecular formula is C21H21N2NaO5S. The number of carboxylic acids is 2. The van der Waals surface area contributed by atoms with Crippen LogP contribution in [0.1, 0.15) is 12.0 Å². The zero-order valence-electron chi connectivity index (χ0n) is 16.6. The molecule has 3 rings (SSSR count). The van der Waals surface area contributed by atoms with E-state index >= 15 is 0 Å². The average molecular weight is 436 g/mol. The summed E-state index contributed by atoms with van der Waals surface area (Å²) in [6.07, 6.45) is 0.850. The number of hydrogen-bond donors (Lipinski definition) is 2. The molecule has 0 aromatic heterocycles. The van der Waals surface area contributed by atoms with Gasteiger partial charge in [0.1, 0.15) is 6.04 Å². The number of benzene rings is 2. The molecule has 0 radical (unpaired) electrons. The predicted molar refractivity (Wildman–Crippen MR) is 108 cm³/mol. The van der Waals surface area contributed by atoms with E-state index in [9.17, 15) is 24.6 Å². The molecule has 0 aliphatic carbocycles. The van der Waals surface area contributed by atoms with Crippen LogP contribution in [0, 0.1) is 0 Å². The van der Waals surface area contributed by atoms with Crippen molar-refractivity contribution in [3.05, 3.63) is 60.2 Å². The Morgan fingerprint density at radius 2 is 1.83 bits per heavy atom. The fourth-order valence-corrected chi connectivity index (χ4v) is 4.33. The number of fused-ring (bicyclic) bond motifs is 1. The van der Waals surface area contributed by atoms with E-state index in [2.05, 4.69) is 5.32 Å². The number of thioether (sulfide) groups is 1. The van der Waals surface area contributed by atoms with Gasteiger partial charge in [-0.25, -0.2) is 0 Å². The van der Waals surface area contributed by atoms with E-state index in [0.29, 0.717) is 24.3 Å². The Labute approximate surface area is 201 Å². The maximum absolute atomic E-state index is 13.0. The number of aliphatic carboxylic acids is 2. The molecule has 2 N–H and O–H groups in total. The van der Waals surface area contributed by atoms with Crippen molar-refractivity contribution in [2.45, 2.75) is 29.8 Å². The average Bonchev–Trinajstić information content (AvgIpc) is 2.83. The Bertz CT molecular complexity index is 896. The Hall–Kier alpha value is -1.84. The molecule has 0 saturated heterocycles. The van der Waals surface area contributed by atoms with E-state index in [1.807, 2.05) is 36.4 Å². The van der Waals surface area contributed by atoms with Crippen molar-refractivity contribution in [1.29, 1.82) is 0 Å². The minimum atomic E-state index is -1.38. The SMILES string of the molecule is O=C([O-])CN1C(=O)[C@@H](N[C@@H](CCc2ccccc2)C(=O)O)CSc2ccccc21.[Na+]. The maximum Gasteiger partial charge on any atom is 1.00 e. The quantitative estimate of drug-likeness (QED) is 0.457. The van der Waals surface area contributed by atoms with Crippen molar-refractivity contribution in [2.24, 2.45) is 0 Å². The molecule has 0 unspecified atom stereocenters. The molecule has 1 aliphatic rings. The number of nitrogens with zero attached hydrogens (tertiary/aromatic N) is 1. The first-order chi connectivity index (χ1) is 14.0. The van der Waals surface area contributed by atoms with Crippen LogP contribution in [0.2, 0.25) is 0 Å². The van der Waals surface area contributed by atoms with Gasteiger partial charge in [-0.15, -0.1) is 11.8 Å². The smallest absolute Gasteiger partial charge is 0.548 e. The summed E-state index contributed by atoms with van der Waals surface area (Å²) in [6, 6.07) is 14.8. The number of carbonyl (C=O) groups is 3. The van der Waals surface area contributed by atoms with Crippen LogP contribution in [0.15, 0.2) is 59.5 Å². The molecule has 0 spiro atoms. The molecule has 30 heavy (non-hydrogen) atoms. The zero-order chi connectivity index (χ0) is 20.8. The summed E-state index contributed by atoms with van der Waals surface area (Å²) < 4.78 is 0. The molecule has 152 valence electrons. The van der Waals surface area contributed by atoms with Crippen molar-refractivity contribution in [1.82, 2.24) is 5.32 Å². The van der Waals surface area contributed by atoms with Crippen LogP contribution in [0.5, 0.6) is 0 Å². The first-order valence-corrected chi connectivity index (χ1v) is 10.2. The third kappa shape index (κ3) is 6.33. The van der Waals surface area contributed by atoms with Gasteiger partial charge in [0.15, 0.2) is 0 Å². The van der Waals surface area contributed by atoms with E-state index in [-0.39, 0.29) is 29.6 Å². The molecule has 1 aliphatic heterocycles. The minimum Gasteiger partial charge on any atom is -0.548 e. The van der Waals surface area contributed by atoms with Crippen molar-refractivity contribution in [2.75, 3.05) is 17.2 Å². The molecule has 0 saturated carbocycles. The Morgan fingerprint density at radius 1 is 1.17 bits per heavy atom. The second kappa shape index (κ2) is 11.5. The zero-order valence-corrected chi connectivity index (χ0v) is 19.4. The van der Waals surface area contributed by atoms with Crippen LogP contribution in [-0.2, 0) is 20.8 Å². The number of carbonyl (C=O) groups excluding carboxylic acids is 2. The normalized spacial score (nSPS) is 16.7. The number of nitrogens with one attached hydrogen (secondary N) is 1. The molecule has 2 aromatic rings. The fraction of sp³-hybridized carbons (Fsp3) is 0.286. The Kier molecular flexibility index (Phi) is 9.38. The number of amides is 1. The molecule has 1 amide bonds. The van der Waals surface area contributed by atoms with Gasteiger partial charge in [-0.1, -0.05) is 42.5 Å². The third-order valence-electron chi connectivity index (χ3n) is 4.68. The van der Waals surface area contributed by atoms with Gasteiger partial charge < -0.3 is 19.9 Å². The number of carboxylic acid groups (broad SMARTS) is 2. The summed E-state index contributed by atoms with van der Waals surface area (Å²) >= 11 is 1.39. The van der Waals surface area contributed by atoms with Gasteiger partial charge in [-0.3, -0.25) is 14.9 Å². The van der Waals surface area contributed by atoms with Gasteiger partial charge in [0.2, 0.25) is 5.91 Å².